The van der Waals surface area contributed by atoms with Gasteiger partial charge in [-0.05, 0) is 12.6 Å². The molecular weight excluding hydrogens is 194 g/mol. The van der Waals surface area contributed by atoms with Crippen molar-refractivity contribution in [3.63, 3.8) is 0 Å². The Balaban J connectivity index is 2.58. The van der Waals surface area contributed by atoms with Crippen LogP contribution in [0.25, 0.3) is 0 Å². The van der Waals surface area contributed by atoms with Gasteiger partial charge in [-0.1, -0.05) is 11.3 Å². The molecule has 0 saturated carbocycles. The van der Waals surface area contributed by atoms with Gasteiger partial charge in [-0.25, -0.2) is 0 Å². The van der Waals surface area contributed by atoms with E-state index in [1.807, 2.05) is 0 Å². The van der Waals surface area contributed by atoms with Gasteiger partial charge >= 0.3 is 0 Å². The Hall–Kier alpha value is -0.750. The molecule has 0 aliphatic carbocycles. The smallest absolute Gasteiger partial charge is 0.229 e. The summed E-state index contributed by atoms with van der Waals surface area (Å²) in [4.78, 5) is 12.7. The van der Waals surface area contributed by atoms with Crippen molar-refractivity contribution in [3.05, 3.63) is 5.01 Å². The van der Waals surface area contributed by atoms with E-state index in [9.17, 15) is 4.79 Å². The summed E-state index contributed by atoms with van der Waals surface area (Å²) >= 11 is 6.05. The van der Waals surface area contributed by atoms with Crippen LogP contribution in [-0.4, -0.2) is 35.1 Å². The van der Waals surface area contributed by atoms with E-state index in [0.717, 1.165) is 0 Å². The Labute approximate surface area is 80.0 Å². The Morgan fingerprint density at radius 1 is 1.58 bits per heavy atom. The van der Waals surface area contributed by atoms with E-state index in [4.69, 9.17) is 12.6 Å². The number of nitrogens with zero attached hydrogens (tertiary/aromatic N) is 3. The summed E-state index contributed by atoms with van der Waals surface area (Å²) in [6.45, 7) is 0. The highest BCUT2D eigenvalue weighted by Crippen LogP contribution is 2.13. The number of rotatable bonds is 2. The predicted molar refractivity (Wildman–Crippen MR) is 48.2 cm³/mol. The number of likely N-dealkylation sites (N-methyl/N-ethyl adjacent to an activating group) is 1. The number of carbonyl (C=O) groups excluding carboxylic acids is 1. The first kappa shape index (κ1) is 9.34. The second-order valence-electron chi connectivity index (χ2n) is 2.43. The summed E-state index contributed by atoms with van der Waals surface area (Å²) in [6, 6.07) is 0. The number of hydrogen-bond donors (Lipinski definition) is 0. The zero-order valence-electron chi connectivity index (χ0n) is 6.77. The van der Waals surface area contributed by atoms with Gasteiger partial charge in [0.05, 0.1) is 6.42 Å². The van der Waals surface area contributed by atoms with Crippen LogP contribution in [0, 0.1) is 0 Å². The molecule has 0 atom stereocenters. The van der Waals surface area contributed by atoms with Crippen LogP contribution in [0.5, 0.6) is 0 Å². The van der Waals surface area contributed by atoms with E-state index >= 15 is 0 Å². The van der Waals surface area contributed by atoms with Crippen molar-refractivity contribution in [2.75, 3.05) is 14.1 Å². The second-order valence-corrected chi connectivity index (χ2v) is 4.13. The van der Waals surface area contributed by atoms with Gasteiger partial charge < -0.3 is 4.90 Å². The van der Waals surface area contributed by atoms with Crippen LogP contribution >= 0.6 is 24.0 Å². The minimum atomic E-state index is 0.0150. The normalized spacial score (nSPS) is 9.83. The van der Waals surface area contributed by atoms with Crippen molar-refractivity contribution in [2.45, 2.75) is 10.8 Å². The molecule has 1 aromatic rings. The molecule has 0 N–H and O–H groups in total. The maximum atomic E-state index is 11.2. The first-order chi connectivity index (χ1) is 5.59. The topological polar surface area (TPSA) is 46.1 Å². The van der Waals surface area contributed by atoms with Crippen LogP contribution in [0.2, 0.25) is 0 Å². The molecule has 0 saturated heterocycles. The van der Waals surface area contributed by atoms with E-state index in [1.165, 1.54) is 16.2 Å². The van der Waals surface area contributed by atoms with Crippen LogP contribution in [0.3, 0.4) is 0 Å². The number of aromatic nitrogens is 2. The Morgan fingerprint density at radius 3 is 2.67 bits per heavy atom. The second kappa shape index (κ2) is 3.77. The third-order valence-corrected chi connectivity index (χ3v) is 2.30. The van der Waals surface area contributed by atoms with Crippen LogP contribution < -0.4 is 0 Å². The number of amides is 1. The summed E-state index contributed by atoms with van der Waals surface area (Å²) in [7, 11) is 3.41. The summed E-state index contributed by atoms with van der Waals surface area (Å²) in [5.74, 6) is 0.0150. The fourth-order valence-corrected chi connectivity index (χ4v) is 1.49. The monoisotopic (exact) mass is 202 g/mol. The van der Waals surface area contributed by atoms with Crippen molar-refractivity contribution in [3.8, 4) is 0 Å². The summed E-state index contributed by atoms with van der Waals surface area (Å²) in [5, 5.41) is 8.08. The molecule has 0 bridgehead atoms. The largest absolute Gasteiger partial charge is 0.348 e. The quantitative estimate of drug-likeness (QED) is 0.710. The third kappa shape index (κ3) is 2.38. The van der Waals surface area contributed by atoms with E-state index < -0.39 is 0 Å². The molecule has 1 heterocycles. The van der Waals surface area contributed by atoms with Crippen molar-refractivity contribution in [1.29, 1.82) is 0 Å². The lowest BCUT2D eigenvalue weighted by molar-refractivity contribution is -0.127. The molecule has 6 heteroatoms. The predicted octanol–water partition coefficient (Wildman–Crippen LogP) is 0.725. The van der Waals surface area contributed by atoms with Crippen LogP contribution in [0.1, 0.15) is 5.01 Å². The average molecular weight is 202 g/mol. The fraction of sp³-hybridized carbons (Fsp3) is 0.500. The van der Waals surface area contributed by atoms with Crippen molar-refractivity contribution in [2.24, 2.45) is 0 Å². The maximum absolute atomic E-state index is 11.2. The van der Waals surface area contributed by atoms with Gasteiger partial charge in [-0.3, -0.25) is 4.79 Å². The van der Waals surface area contributed by atoms with Crippen molar-refractivity contribution >= 4 is 29.9 Å². The molecule has 65 valence electrons. The zero-order valence-corrected chi connectivity index (χ0v) is 8.41. The van der Waals surface area contributed by atoms with Gasteiger partial charge in [0, 0.05) is 14.1 Å². The molecule has 4 nitrogen and oxygen atoms in total. The van der Waals surface area contributed by atoms with Crippen LogP contribution in [-0.2, 0) is 11.2 Å². The van der Waals surface area contributed by atoms with Crippen LogP contribution in [0.4, 0.5) is 0 Å². The molecule has 12 heavy (non-hydrogen) atoms. The van der Waals surface area contributed by atoms with Crippen molar-refractivity contribution in [1.82, 2.24) is 15.1 Å². The van der Waals surface area contributed by atoms with Gasteiger partial charge in [0.2, 0.25) is 10.2 Å². The molecule has 0 fully saturated rings. The standard InChI is InChI=1S/C6H8N3OS2/c1-9(2)5(10)3-4-7-8-6(11)12-4/h3H2,1-2H3. The number of carbonyl (C=O) groups is 1. The maximum Gasteiger partial charge on any atom is 0.229 e. The molecule has 1 aromatic heterocycles. The minimum Gasteiger partial charge on any atom is -0.348 e. The SMILES string of the molecule is CN(C)C(=O)Cc1nnc([S])s1. The fourth-order valence-electron chi connectivity index (χ4n) is 0.597. The third-order valence-electron chi connectivity index (χ3n) is 1.25. The first-order valence-corrected chi connectivity index (χ1v) is 4.51. The van der Waals surface area contributed by atoms with Crippen molar-refractivity contribution < 1.29 is 4.79 Å². The highest BCUT2D eigenvalue weighted by Gasteiger charge is 2.09. The molecule has 0 aliphatic heterocycles. The van der Waals surface area contributed by atoms with Gasteiger partial charge in [0.15, 0.2) is 0 Å². The molecule has 1 rings (SSSR count). The minimum absolute atomic E-state index is 0.0150. The molecular formula is C6H8N3OS2. The molecule has 1 amide bonds. The highest BCUT2D eigenvalue weighted by molar-refractivity contribution is 7.82. The lowest BCUT2D eigenvalue weighted by Gasteiger charge is -2.07. The summed E-state index contributed by atoms with van der Waals surface area (Å²) in [5.41, 5.74) is 0. The van der Waals surface area contributed by atoms with E-state index in [-0.39, 0.29) is 5.91 Å². The summed E-state index contributed by atoms with van der Waals surface area (Å²) < 4.78 is 0.483. The molecule has 0 aromatic carbocycles. The van der Waals surface area contributed by atoms with Gasteiger partial charge in [0.1, 0.15) is 5.01 Å². The lowest BCUT2D eigenvalue weighted by Crippen LogP contribution is -2.23. The van der Waals surface area contributed by atoms with Gasteiger partial charge in [0.25, 0.3) is 0 Å². The molecule has 0 unspecified atom stereocenters. The van der Waals surface area contributed by atoms with E-state index in [1.54, 1.807) is 14.1 Å². The zero-order chi connectivity index (χ0) is 9.14. The van der Waals surface area contributed by atoms with Gasteiger partial charge in [-0.2, -0.15) is 0 Å². The molecule has 1 radical (unpaired) electrons. The average Bonchev–Trinajstić information content (AvgIpc) is 2.35. The highest BCUT2D eigenvalue weighted by atomic mass is 32.2. The number of hydrogen-bond acceptors (Lipinski definition) is 4. The Bertz CT molecular complexity index is 284. The Kier molecular flexibility index (Phi) is 2.93. The lowest BCUT2D eigenvalue weighted by atomic mass is 10.4. The first-order valence-electron chi connectivity index (χ1n) is 3.29. The molecule has 0 spiro atoms. The van der Waals surface area contributed by atoms with Gasteiger partial charge in [-0.15, -0.1) is 10.2 Å². The molecule has 0 aliphatic rings. The van der Waals surface area contributed by atoms with Crippen LogP contribution in [0.15, 0.2) is 4.34 Å². The van der Waals surface area contributed by atoms with E-state index in [0.29, 0.717) is 15.8 Å². The Morgan fingerprint density at radius 2 is 2.25 bits per heavy atom. The summed E-state index contributed by atoms with van der Waals surface area (Å²) in [6.07, 6.45) is 0.293. The van der Waals surface area contributed by atoms with E-state index in [2.05, 4.69) is 10.2 Å².